The molecule has 6 heteroatoms. The molecular formula is C17H16BrNO3S. The molecule has 120 valence electrons. The minimum absolute atomic E-state index is 0.283. The van der Waals surface area contributed by atoms with Gasteiger partial charge in [-0.1, -0.05) is 51.8 Å². The smallest absolute Gasteiger partial charge is 0.266 e. The normalized spacial score (nSPS) is 26.2. The van der Waals surface area contributed by atoms with E-state index < -0.39 is 20.6 Å². The van der Waals surface area contributed by atoms with Crippen molar-refractivity contribution < 1.29 is 13.2 Å². The third kappa shape index (κ3) is 2.08. The Hall–Kier alpha value is -1.37. The quantitative estimate of drug-likeness (QED) is 0.733. The van der Waals surface area contributed by atoms with Crippen LogP contribution in [0, 0.1) is 6.92 Å². The zero-order valence-corrected chi connectivity index (χ0v) is 15.0. The van der Waals surface area contributed by atoms with Crippen LogP contribution in [0.15, 0.2) is 53.4 Å². The van der Waals surface area contributed by atoms with E-state index in [0.29, 0.717) is 12.3 Å². The van der Waals surface area contributed by atoms with Crippen LogP contribution in [-0.4, -0.2) is 21.3 Å². The van der Waals surface area contributed by atoms with Gasteiger partial charge >= 0.3 is 0 Å². The van der Waals surface area contributed by atoms with Gasteiger partial charge in [0.2, 0.25) is 0 Å². The number of rotatable bonds is 2. The highest BCUT2D eigenvalue weighted by atomic mass is 79.9. The molecule has 2 aromatic carbocycles. The number of benzene rings is 2. The number of alkyl halides is 1. The Morgan fingerprint density at radius 1 is 1.17 bits per heavy atom. The molecule has 0 unspecified atom stereocenters. The number of para-hydroxylation sites is 1. The van der Waals surface area contributed by atoms with Gasteiger partial charge in [-0.15, -0.1) is 0 Å². The lowest BCUT2D eigenvalue weighted by Crippen LogP contribution is -2.42. The highest BCUT2D eigenvalue weighted by Gasteiger charge is 2.57. The lowest BCUT2D eigenvalue weighted by Gasteiger charge is -2.28. The second kappa shape index (κ2) is 5.06. The maximum absolute atomic E-state index is 13.2. The maximum Gasteiger partial charge on any atom is 0.266 e. The predicted molar refractivity (Wildman–Crippen MR) is 92.2 cm³/mol. The summed E-state index contributed by atoms with van der Waals surface area (Å²) in [6, 6.07) is 14.5. The van der Waals surface area contributed by atoms with Gasteiger partial charge < -0.3 is 4.74 Å². The van der Waals surface area contributed by atoms with E-state index in [9.17, 15) is 8.42 Å². The van der Waals surface area contributed by atoms with Crippen molar-refractivity contribution in [1.29, 1.82) is 0 Å². The minimum Gasteiger partial charge on any atom is -0.355 e. The molecule has 0 saturated carbocycles. The van der Waals surface area contributed by atoms with Gasteiger partial charge in [0, 0.05) is 0 Å². The van der Waals surface area contributed by atoms with Crippen molar-refractivity contribution in [3.05, 3.63) is 59.7 Å². The van der Waals surface area contributed by atoms with E-state index in [1.165, 1.54) is 4.31 Å². The summed E-state index contributed by atoms with van der Waals surface area (Å²) in [5.74, 6) is 0. The van der Waals surface area contributed by atoms with Gasteiger partial charge in [0.25, 0.3) is 10.0 Å². The van der Waals surface area contributed by atoms with E-state index in [2.05, 4.69) is 15.9 Å². The number of ether oxygens (including phenoxy) is 1. The summed E-state index contributed by atoms with van der Waals surface area (Å²) in [6.07, 6.45) is 0.195. The molecule has 23 heavy (non-hydrogen) atoms. The molecule has 0 spiro atoms. The first-order valence-corrected chi connectivity index (χ1v) is 9.69. The van der Waals surface area contributed by atoms with E-state index in [1.807, 2.05) is 43.3 Å². The van der Waals surface area contributed by atoms with E-state index in [4.69, 9.17) is 4.74 Å². The third-order valence-corrected chi connectivity index (χ3v) is 7.50. The zero-order chi connectivity index (χ0) is 16.2. The number of nitrogens with zero attached hydrogens (tertiary/aromatic N) is 1. The van der Waals surface area contributed by atoms with Crippen molar-refractivity contribution in [1.82, 2.24) is 0 Å². The van der Waals surface area contributed by atoms with Crippen molar-refractivity contribution in [3.63, 3.8) is 0 Å². The second-order valence-electron chi connectivity index (χ2n) is 5.97. The highest BCUT2D eigenvalue weighted by Crippen LogP contribution is 2.56. The Kier molecular flexibility index (Phi) is 3.34. The Morgan fingerprint density at radius 3 is 2.61 bits per heavy atom. The van der Waals surface area contributed by atoms with Gasteiger partial charge in [-0.05, 0) is 37.1 Å². The van der Waals surface area contributed by atoms with Crippen molar-refractivity contribution in [3.8, 4) is 0 Å². The fraction of sp³-hybridized carbons (Fsp3) is 0.294. The molecule has 2 atom stereocenters. The first kappa shape index (κ1) is 15.2. The first-order chi connectivity index (χ1) is 10.9. The van der Waals surface area contributed by atoms with E-state index in [-0.39, 0.29) is 4.90 Å². The van der Waals surface area contributed by atoms with Crippen molar-refractivity contribution in [2.24, 2.45) is 0 Å². The van der Waals surface area contributed by atoms with Crippen LogP contribution in [-0.2, 0) is 19.1 Å². The van der Waals surface area contributed by atoms with Crippen LogP contribution >= 0.6 is 15.9 Å². The monoisotopic (exact) mass is 393 g/mol. The summed E-state index contributed by atoms with van der Waals surface area (Å²) < 4.78 is 33.2. The van der Waals surface area contributed by atoms with Crippen molar-refractivity contribution in [2.75, 3.05) is 10.9 Å². The van der Waals surface area contributed by atoms with Crippen LogP contribution in [0.1, 0.15) is 17.5 Å². The van der Waals surface area contributed by atoms with Crippen LogP contribution in [0.3, 0.4) is 0 Å². The van der Waals surface area contributed by atoms with Crippen LogP contribution < -0.4 is 4.31 Å². The molecule has 0 aromatic heterocycles. The molecule has 2 aliphatic heterocycles. The topological polar surface area (TPSA) is 46.6 Å². The molecule has 0 bridgehead atoms. The first-order valence-electron chi connectivity index (χ1n) is 7.46. The Balaban J connectivity index is 1.90. The summed E-state index contributed by atoms with van der Waals surface area (Å²) in [4.78, 5) is 0.283. The average molecular weight is 394 g/mol. The highest BCUT2D eigenvalue weighted by molar-refractivity contribution is 9.09. The Labute approximate surface area is 144 Å². The Bertz CT molecular complexity index is 866. The summed E-state index contributed by atoms with van der Waals surface area (Å²) >= 11 is 3.76. The molecule has 0 radical (unpaired) electrons. The number of halogens is 1. The second-order valence-corrected chi connectivity index (χ2v) is 9.20. The number of sulfonamides is 1. The standard InChI is InChI=1S/C17H16BrNO3S/c1-12-6-8-13(9-7-12)23(20,21)19-15-5-3-2-4-14(15)17(18)10-11-22-16(17)19/h2-9,16H,10-11H2,1H3/t16-,17+/m0/s1. The summed E-state index contributed by atoms with van der Waals surface area (Å²) in [5, 5.41) is 0. The molecule has 0 amide bonds. The van der Waals surface area contributed by atoms with Crippen LogP contribution in [0.5, 0.6) is 0 Å². The van der Waals surface area contributed by atoms with Gasteiger partial charge in [0.05, 0.1) is 17.2 Å². The molecule has 0 N–H and O–H groups in total. The van der Waals surface area contributed by atoms with E-state index in [0.717, 1.165) is 17.5 Å². The van der Waals surface area contributed by atoms with Gasteiger partial charge in [-0.3, -0.25) is 0 Å². The number of hydrogen-bond acceptors (Lipinski definition) is 3. The number of fused-ring (bicyclic) bond motifs is 3. The van der Waals surface area contributed by atoms with E-state index >= 15 is 0 Å². The van der Waals surface area contributed by atoms with Crippen molar-refractivity contribution in [2.45, 2.75) is 28.8 Å². The predicted octanol–water partition coefficient (Wildman–Crippen LogP) is 3.54. The fourth-order valence-electron chi connectivity index (χ4n) is 3.32. The van der Waals surface area contributed by atoms with Gasteiger partial charge in [0.1, 0.15) is 4.32 Å². The molecular weight excluding hydrogens is 378 g/mol. The summed E-state index contributed by atoms with van der Waals surface area (Å²) in [6.45, 7) is 2.47. The van der Waals surface area contributed by atoms with Gasteiger partial charge in [-0.2, -0.15) is 0 Å². The molecule has 1 saturated heterocycles. The largest absolute Gasteiger partial charge is 0.355 e. The van der Waals surface area contributed by atoms with E-state index in [1.54, 1.807) is 12.1 Å². The number of aryl methyl sites for hydroxylation is 1. The Morgan fingerprint density at radius 2 is 1.87 bits per heavy atom. The number of anilines is 1. The molecule has 2 heterocycles. The summed E-state index contributed by atoms with van der Waals surface area (Å²) in [7, 11) is -3.68. The molecule has 0 aliphatic carbocycles. The average Bonchev–Trinajstić information content (AvgIpc) is 3.01. The molecule has 2 aliphatic rings. The van der Waals surface area contributed by atoms with Crippen molar-refractivity contribution >= 4 is 31.6 Å². The third-order valence-electron chi connectivity index (χ3n) is 4.51. The van der Waals surface area contributed by atoms with Crippen LogP contribution in [0.2, 0.25) is 0 Å². The molecule has 4 rings (SSSR count). The minimum atomic E-state index is -3.68. The fourth-order valence-corrected chi connectivity index (χ4v) is 5.91. The molecule has 4 nitrogen and oxygen atoms in total. The van der Waals surface area contributed by atoms with Gasteiger partial charge in [-0.25, -0.2) is 12.7 Å². The van der Waals surface area contributed by atoms with Crippen LogP contribution in [0.4, 0.5) is 5.69 Å². The zero-order valence-electron chi connectivity index (χ0n) is 12.6. The lowest BCUT2D eigenvalue weighted by atomic mass is 9.98. The maximum atomic E-state index is 13.2. The molecule has 2 aromatic rings. The number of hydrogen-bond donors (Lipinski definition) is 0. The van der Waals surface area contributed by atoms with Gasteiger partial charge in [0.15, 0.2) is 6.23 Å². The molecule has 1 fully saturated rings. The summed E-state index contributed by atoms with van der Waals surface area (Å²) in [5.41, 5.74) is 2.69. The lowest BCUT2D eigenvalue weighted by molar-refractivity contribution is 0.114. The van der Waals surface area contributed by atoms with Crippen LogP contribution in [0.25, 0.3) is 0 Å². The SMILES string of the molecule is Cc1ccc(S(=O)(=O)N2c3ccccc3[C@]3(Br)CCO[C@H]23)cc1.